The Morgan fingerprint density at radius 1 is 1.53 bits per heavy atom. The third-order valence-corrected chi connectivity index (χ3v) is 7.54. The fraction of sp³-hybridized carbons (Fsp3) is 0.667. The Morgan fingerprint density at radius 3 is 2.74 bits per heavy atom. The van der Waals surface area contributed by atoms with Gasteiger partial charge in [-0.25, -0.2) is 8.42 Å². The summed E-state index contributed by atoms with van der Waals surface area (Å²) in [4.78, 5) is 0. The van der Waals surface area contributed by atoms with Gasteiger partial charge in [0.1, 0.15) is 4.21 Å². The zero-order valence-electron chi connectivity index (χ0n) is 11.1. The Labute approximate surface area is 126 Å². The summed E-state index contributed by atoms with van der Waals surface area (Å²) >= 11 is 4.61. The first-order valence-corrected chi connectivity index (χ1v) is 9.26. The van der Waals surface area contributed by atoms with Gasteiger partial charge < -0.3 is 4.74 Å². The monoisotopic (exact) mass is 367 g/mol. The number of halogens is 1. The van der Waals surface area contributed by atoms with Crippen LogP contribution >= 0.6 is 27.3 Å². The van der Waals surface area contributed by atoms with E-state index in [1.807, 2.05) is 6.92 Å². The molecular formula is C12H18BrNO3S2. The molecule has 0 radical (unpaired) electrons. The van der Waals surface area contributed by atoms with E-state index >= 15 is 0 Å². The Balaban J connectivity index is 1.90. The van der Waals surface area contributed by atoms with Crippen molar-refractivity contribution in [3.63, 3.8) is 0 Å². The first-order chi connectivity index (χ1) is 8.91. The van der Waals surface area contributed by atoms with E-state index in [0.29, 0.717) is 23.3 Å². The molecule has 1 saturated carbocycles. The van der Waals surface area contributed by atoms with Gasteiger partial charge in [-0.15, -0.1) is 11.3 Å². The van der Waals surface area contributed by atoms with E-state index < -0.39 is 10.0 Å². The molecule has 4 nitrogen and oxygen atoms in total. The molecule has 0 atom stereocenters. The van der Waals surface area contributed by atoms with Crippen molar-refractivity contribution in [2.75, 3.05) is 26.8 Å². The maximum atomic E-state index is 12.3. The number of hydrogen-bond donors (Lipinski definition) is 0. The van der Waals surface area contributed by atoms with Crippen molar-refractivity contribution < 1.29 is 13.2 Å². The Morgan fingerprint density at radius 2 is 2.21 bits per heavy atom. The average Bonchev–Trinajstić information content (AvgIpc) is 3.11. The lowest BCUT2D eigenvalue weighted by Gasteiger charge is -2.15. The summed E-state index contributed by atoms with van der Waals surface area (Å²) in [6.07, 6.45) is 2.49. The standard InChI is InChI=1S/C12H18BrNO3S2/c1-9-7-11(18-12(9)13)19(15,16)14(2)5-6-17-8-10-3-4-10/h7,10H,3-6,8H2,1-2H3. The molecule has 2 rings (SSSR count). The number of ether oxygens (including phenoxy) is 1. The third kappa shape index (κ3) is 4.01. The second-order valence-electron chi connectivity index (χ2n) is 4.87. The highest BCUT2D eigenvalue weighted by Gasteiger charge is 2.24. The molecule has 0 aromatic carbocycles. The van der Waals surface area contributed by atoms with Gasteiger partial charge in [-0.05, 0) is 53.2 Å². The van der Waals surface area contributed by atoms with Crippen LogP contribution in [-0.4, -0.2) is 39.5 Å². The molecular weight excluding hydrogens is 350 g/mol. The van der Waals surface area contributed by atoms with Crippen LogP contribution in [0.15, 0.2) is 14.1 Å². The Bertz CT molecular complexity index is 518. The predicted octanol–water partition coefficient (Wildman–Crippen LogP) is 2.87. The number of rotatable bonds is 7. The van der Waals surface area contributed by atoms with Crippen molar-refractivity contribution in [2.45, 2.75) is 24.0 Å². The molecule has 0 saturated heterocycles. The fourth-order valence-electron chi connectivity index (χ4n) is 1.56. The molecule has 108 valence electrons. The lowest BCUT2D eigenvalue weighted by atomic mass is 10.4. The molecule has 1 aliphatic rings. The lowest BCUT2D eigenvalue weighted by Crippen LogP contribution is -2.30. The molecule has 0 N–H and O–H groups in total. The maximum absolute atomic E-state index is 12.3. The largest absolute Gasteiger partial charge is 0.380 e. The van der Waals surface area contributed by atoms with Gasteiger partial charge >= 0.3 is 0 Å². The fourth-order valence-corrected chi connectivity index (χ4v) is 5.15. The number of hydrogen-bond acceptors (Lipinski definition) is 4. The normalized spacial score (nSPS) is 16.2. The topological polar surface area (TPSA) is 46.6 Å². The lowest BCUT2D eigenvalue weighted by molar-refractivity contribution is 0.117. The first-order valence-electron chi connectivity index (χ1n) is 6.21. The summed E-state index contributed by atoms with van der Waals surface area (Å²) in [6.45, 7) is 3.50. The van der Waals surface area contributed by atoms with Gasteiger partial charge in [0, 0.05) is 20.2 Å². The highest BCUT2D eigenvalue weighted by molar-refractivity contribution is 9.11. The first kappa shape index (κ1) is 15.4. The summed E-state index contributed by atoms with van der Waals surface area (Å²) in [5.74, 6) is 0.706. The summed E-state index contributed by atoms with van der Waals surface area (Å²) in [5, 5.41) is 0. The van der Waals surface area contributed by atoms with Crippen LogP contribution in [0, 0.1) is 12.8 Å². The number of thiophene rings is 1. The minimum absolute atomic E-state index is 0.376. The quantitative estimate of drug-likeness (QED) is 0.696. The van der Waals surface area contributed by atoms with E-state index in [9.17, 15) is 8.42 Å². The zero-order valence-corrected chi connectivity index (χ0v) is 14.3. The molecule has 0 unspecified atom stereocenters. The van der Waals surface area contributed by atoms with Crippen molar-refractivity contribution in [2.24, 2.45) is 5.92 Å². The van der Waals surface area contributed by atoms with Crippen LogP contribution in [0.5, 0.6) is 0 Å². The Kier molecular flexibility index (Phi) is 5.05. The number of likely N-dealkylation sites (N-methyl/N-ethyl adjacent to an activating group) is 1. The summed E-state index contributed by atoms with van der Waals surface area (Å²) < 4.78 is 32.7. The molecule has 0 bridgehead atoms. The number of aryl methyl sites for hydroxylation is 1. The highest BCUT2D eigenvalue weighted by Crippen LogP contribution is 2.32. The highest BCUT2D eigenvalue weighted by atomic mass is 79.9. The van der Waals surface area contributed by atoms with Crippen LogP contribution in [0.1, 0.15) is 18.4 Å². The van der Waals surface area contributed by atoms with E-state index in [2.05, 4.69) is 15.9 Å². The zero-order chi connectivity index (χ0) is 14.0. The minimum atomic E-state index is -3.38. The number of sulfonamides is 1. The van der Waals surface area contributed by atoms with Gasteiger partial charge in [-0.1, -0.05) is 0 Å². The second-order valence-corrected chi connectivity index (χ2v) is 9.51. The van der Waals surface area contributed by atoms with Crippen LogP contribution in [0.3, 0.4) is 0 Å². The van der Waals surface area contributed by atoms with Gasteiger partial charge in [-0.3, -0.25) is 0 Å². The van der Waals surface area contributed by atoms with Crippen LogP contribution in [0.4, 0.5) is 0 Å². The van der Waals surface area contributed by atoms with Gasteiger partial charge in [0.2, 0.25) is 0 Å². The molecule has 0 aliphatic heterocycles. The van der Waals surface area contributed by atoms with Crippen molar-refractivity contribution in [3.05, 3.63) is 15.4 Å². The van der Waals surface area contributed by atoms with Crippen LogP contribution < -0.4 is 0 Å². The average molecular weight is 368 g/mol. The molecule has 1 aromatic rings. The second kappa shape index (κ2) is 6.22. The summed E-state index contributed by atoms with van der Waals surface area (Å²) in [6, 6.07) is 1.70. The molecule has 0 amide bonds. The minimum Gasteiger partial charge on any atom is -0.380 e. The molecule has 7 heteroatoms. The predicted molar refractivity (Wildman–Crippen MR) is 80.1 cm³/mol. The van der Waals surface area contributed by atoms with Crippen LogP contribution in [0.25, 0.3) is 0 Å². The summed E-state index contributed by atoms with van der Waals surface area (Å²) in [5.41, 5.74) is 0.946. The van der Waals surface area contributed by atoms with Gasteiger partial charge in [0.25, 0.3) is 10.0 Å². The van der Waals surface area contributed by atoms with Gasteiger partial charge in [0.05, 0.1) is 10.4 Å². The molecule has 0 spiro atoms. The van der Waals surface area contributed by atoms with Crippen molar-refractivity contribution >= 4 is 37.3 Å². The van der Waals surface area contributed by atoms with Crippen molar-refractivity contribution in [1.29, 1.82) is 0 Å². The van der Waals surface area contributed by atoms with E-state index in [1.54, 1.807) is 13.1 Å². The molecule has 1 aliphatic carbocycles. The number of nitrogens with zero attached hydrogens (tertiary/aromatic N) is 1. The van der Waals surface area contributed by atoms with Gasteiger partial charge in [-0.2, -0.15) is 4.31 Å². The van der Waals surface area contributed by atoms with Gasteiger partial charge in [0.15, 0.2) is 0 Å². The SMILES string of the molecule is Cc1cc(S(=O)(=O)N(C)CCOCC2CC2)sc1Br. The summed E-state index contributed by atoms with van der Waals surface area (Å²) in [7, 11) is -1.79. The van der Waals surface area contributed by atoms with E-state index in [4.69, 9.17) is 4.74 Å². The van der Waals surface area contributed by atoms with E-state index in [-0.39, 0.29) is 0 Å². The Hall–Kier alpha value is 0.0500. The molecule has 1 aromatic heterocycles. The molecule has 1 fully saturated rings. The molecule has 1 heterocycles. The molecule has 19 heavy (non-hydrogen) atoms. The smallest absolute Gasteiger partial charge is 0.252 e. The third-order valence-electron chi connectivity index (χ3n) is 3.10. The van der Waals surface area contributed by atoms with Crippen molar-refractivity contribution in [3.8, 4) is 0 Å². The van der Waals surface area contributed by atoms with E-state index in [0.717, 1.165) is 16.0 Å². The van der Waals surface area contributed by atoms with E-state index in [1.165, 1.54) is 28.5 Å². The van der Waals surface area contributed by atoms with Crippen LogP contribution in [0.2, 0.25) is 0 Å². The van der Waals surface area contributed by atoms with Crippen LogP contribution in [-0.2, 0) is 14.8 Å². The van der Waals surface area contributed by atoms with Crippen molar-refractivity contribution in [1.82, 2.24) is 4.31 Å². The maximum Gasteiger partial charge on any atom is 0.252 e.